The van der Waals surface area contributed by atoms with Crippen molar-refractivity contribution in [2.45, 2.75) is 19.4 Å². The van der Waals surface area contributed by atoms with Crippen LogP contribution in [0.5, 0.6) is 0 Å². The molecular weight excluding hydrogens is 258 g/mol. The van der Waals surface area contributed by atoms with Gasteiger partial charge < -0.3 is 4.74 Å². The van der Waals surface area contributed by atoms with Crippen LogP contribution in [-0.2, 0) is 4.74 Å². The Bertz CT molecular complexity index is 296. The maximum absolute atomic E-state index is 5.47. The molecule has 5 heteroatoms. The van der Waals surface area contributed by atoms with Crippen molar-refractivity contribution in [3.8, 4) is 0 Å². The minimum absolute atomic E-state index is 0.0767. The second-order valence-electron chi connectivity index (χ2n) is 3.16. The van der Waals surface area contributed by atoms with Crippen LogP contribution in [0.3, 0.4) is 0 Å². The first-order valence-corrected chi connectivity index (χ1v) is 5.73. The summed E-state index contributed by atoms with van der Waals surface area (Å²) in [4.78, 5) is 4.26. The molecule has 0 saturated carbocycles. The first-order valence-electron chi connectivity index (χ1n) is 4.93. The van der Waals surface area contributed by atoms with Gasteiger partial charge in [-0.3, -0.25) is 10.8 Å². The molecule has 1 atom stereocenters. The second-order valence-corrected chi connectivity index (χ2v) is 4.02. The van der Waals surface area contributed by atoms with Gasteiger partial charge in [0.15, 0.2) is 0 Å². The molecule has 0 aliphatic heterocycles. The maximum atomic E-state index is 5.47. The van der Waals surface area contributed by atoms with Gasteiger partial charge in [0.05, 0.1) is 18.3 Å². The summed E-state index contributed by atoms with van der Waals surface area (Å²) in [7, 11) is 0. The van der Waals surface area contributed by atoms with Crippen LogP contribution in [0.4, 0.5) is 0 Å². The Hall–Kier alpha value is -0.490. The molecule has 0 fully saturated rings. The van der Waals surface area contributed by atoms with Gasteiger partial charge in [-0.1, -0.05) is 6.92 Å². The lowest BCUT2D eigenvalue weighted by atomic mass is 10.2. The molecule has 1 aromatic heterocycles. The van der Waals surface area contributed by atoms with Crippen molar-refractivity contribution in [1.29, 1.82) is 0 Å². The Morgan fingerprint density at radius 2 is 2.47 bits per heavy atom. The quantitative estimate of drug-likeness (QED) is 0.471. The fourth-order valence-electron chi connectivity index (χ4n) is 1.21. The number of nitrogens with zero attached hydrogens (tertiary/aromatic N) is 1. The summed E-state index contributed by atoms with van der Waals surface area (Å²) >= 11 is 3.43. The molecule has 0 bridgehead atoms. The molecule has 0 aliphatic rings. The molecule has 0 amide bonds. The molecule has 0 aromatic carbocycles. The van der Waals surface area contributed by atoms with E-state index in [0.29, 0.717) is 6.61 Å². The van der Waals surface area contributed by atoms with Crippen LogP contribution in [0, 0.1) is 0 Å². The molecule has 0 saturated heterocycles. The van der Waals surface area contributed by atoms with Crippen LogP contribution in [-0.4, -0.2) is 18.2 Å². The predicted molar refractivity (Wildman–Crippen MR) is 63.1 cm³/mol. The van der Waals surface area contributed by atoms with E-state index in [0.717, 1.165) is 23.2 Å². The second kappa shape index (κ2) is 6.90. The first-order chi connectivity index (χ1) is 7.29. The molecule has 0 radical (unpaired) electrons. The van der Waals surface area contributed by atoms with Gasteiger partial charge in [-0.05, 0) is 34.5 Å². The van der Waals surface area contributed by atoms with Gasteiger partial charge in [-0.15, -0.1) is 0 Å². The number of hydrazine groups is 1. The number of nitrogens with one attached hydrogen (secondary N) is 1. The number of ether oxygens (including phenoxy) is 1. The summed E-state index contributed by atoms with van der Waals surface area (Å²) in [5, 5.41) is 0. The van der Waals surface area contributed by atoms with E-state index in [1.807, 2.05) is 12.1 Å². The lowest BCUT2D eigenvalue weighted by molar-refractivity contribution is 0.111. The summed E-state index contributed by atoms with van der Waals surface area (Å²) in [6.07, 6.45) is 2.74. The molecule has 4 nitrogen and oxygen atoms in total. The van der Waals surface area contributed by atoms with E-state index in [4.69, 9.17) is 10.6 Å². The molecule has 1 rings (SSSR count). The van der Waals surface area contributed by atoms with Crippen molar-refractivity contribution in [3.05, 3.63) is 28.5 Å². The molecule has 0 spiro atoms. The molecule has 3 N–H and O–H groups in total. The summed E-state index contributed by atoms with van der Waals surface area (Å²) in [5.74, 6) is 5.47. The topological polar surface area (TPSA) is 60.2 Å². The molecule has 0 aliphatic carbocycles. The Morgan fingerprint density at radius 3 is 3.07 bits per heavy atom. The molecule has 15 heavy (non-hydrogen) atoms. The highest BCUT2D eigenvalue weighted by Crippen LogP contribution is 2.20. The summed E-state index contributed by atoms with van der Waals surface area (Å²) in [5.41, 5.74) is 3.57. The van der Waals surface area contributed by atoms with Gasteiger partial charge in [0.2, 0.25) is 0 Å². The highest BCUT2D eigenvalue weighted by Gasteiger charge is 2.13. The normalized spacial score (nSPS) is 12.7. The Labute approximate surface area is 98.3 Å². The minimum atomic E-state index is -0.0767. The Morgan fingerprint density at radius 1 is 1.67 bits per heavy atom. The third-order valence-corrected chi connectivity index (χ3v) is 2.62. The van der Waals surface area contributed by atoms with Crippen LogP contribution in [0.25, 0.3) is 0 Å². The lowest BCUT2D eigenvalue weighted by Gasteiger charge is -2.16. The van der Waals surface area contributed by atoms with Crippen molar-refractivity contribution in [1.82, 2.24) is 10.4 Å². The number of halogens is 1. The third-order valence-electron chi connectivity index (χ3n) is 1.95. The number of hydrogen-bond donors (Lipinski definition) is 2. The van der Waals surface area contributed by atoms with E-state index < -0.39 is 0 Å². The number of nitrogens with two attached hydrogens (primary N) is 1. The first kappa shape index (κ1) is 12.6. The van der Waals surface area contributed by atoms with Gasteiger partial charge in [-0.25, -0.2) is 5.43 Å². The molecule has 1 aromatic rings. The number of pyridine rings is 1. The van der Waals surface area contributed by atoms with Crippen LogP contribution < -0.4 is 11.3 Å². The van der Waals surface area contributed by atoms with Gasteiger partial charge in [0.25, 0.3) is 0 Å². The fourth-order valence-corrected chi connectivity index (χ4v) is 1.74. The van der Waals surface area contributed by atoms with Crippen LogP contribution in [0.1, 0.15) is 25.1 Å². The molecule has 1 heterocycles. The van der Waals surface area contributed by atoms with Crippen LogP contribution in [0.2, 0.25) is 0 Å². The number of rotatable bonds is 6. The zero-order chi connectivity index (χ0) is 11.1. The zero-order valence-corrected chi connectivity index (χ0v) is 10.3. The minimum Gasteiger partial charge on any atom is -0.379 e. The Kier molecular flexibility index (Phi) is 5.78. The highest BCUT2D eigenvalue weighted by molar-refractivity contribution is 9.10. The molecular formula is C10H16BrN3O. The zero-order valence-electron chi connectivity index (χ0n) is 8.74. The average Bonchev–Trinajstić information content (AvgIpc) is 2.26. The summed E-state index contributed by atoms with van der Waals surface area (Å²) in [6, 6.07) is 3.73. The monoisotopic (exact) mass is 273 g/mol. The van der Waals surface area contributed by atoms with Crippen molar-refractivity contribution in [3.63, 3.8) is 0 Å². The van der Waals surface area contributed by atoms with E-state index in [1.54, 1.807) is 6.20 Å². The van der Waals surface area contributed by atoms with Crippen LogP contribution in [0.15, 0.2) is 22.8 Å². The van der Waals surface area contributed by atoms with E-state index >= 15 is 0 Å². The average molecular weight is 274 g/mol. The standard InChI is InChI=1S/C10H16BrN3O/c1-2-6-15-7-9(14-12)10-8(11)4-3-5-13-10/h3-5,9,14H,2,6-7,12H2,1H3. The van der Waals surface area contributed by atoms with Crippen molar-refractivity contribution in [2.24, 2.45) is 5.84 Å². The number of aromatic nitrogens is 1. The van der Waals surface area contributed by atoms with Gasteiger partial charge in [0, 0.05) is 17.3 Å². The van der Waals surface area contributed by atoms with Crippen molar-refractivity contribution < 1.29 is 4.74 Å². The van der Waals surface area contributed by atoms with E-state index in [1.165, 1.54) is 0 Å². The third kappa shape index (κ3) is 3.87. The molecule has 84 valence electrons. The van der Waals surface area contributed by atoms with Gasteiger partial charge >= 0.3 is 0 Å². The van der Waals surface area contributed by atoms with Crippen molar-refractivity contribution >= 4 is 15.9 Å². The van der Waals surface area contributed by atoms with E-state index in [9.17, 15) is 0 Å². The van der Waals surface area contributed by atoms with E-state index in [2.05, 4.69) is 33.3 Å². The predicted octanol–water partition coefficient (Wildman–Crippen LogP) is 1.78. The van der Waals surface area contributed by atoms with Gasteiger partial charge in [0.1, 0.15) is 0 Å². The van der Waals surface area contributed by atoms with Crippen molar-refractivity contribution in [2.75, 3.05) is 13.2 Å². The van der Waals surface area contributed by atoms with Gasteiger partial charge in [-0.2, -0.15) is 0 Å². The number of hydrogen-bond acceptors (Lipinski definition) is 4. The largest absolute Gasteiger partial charge is 0.379 e. The highest BCUT2D eigenvalue weighted by atomic mass is 79.9. The summed E-state index contributed by atoms with van der Waals surface area (Å²) in [6.45, 7) is 3.34. The van der Waals surface area contributed by atoms with Crippen LogP contribution >= 0.6 is 15.9 Å². The fraction of sp³-hybridized carbons (Fsp3) is 0.500. The maximum Gasteiger partial charge on any atom is 0.0876 e. The molecule has 1 unspecified atom stereocenters. The van der Waals surface area contributed by atoms with E-state index in [-0.39, 0.29) is 6.04 Å². The Balaban J connectivity index is 2.61. The summed E-state index contributed by atoms with van der Waals surface area (Å²) < 4.78 is 6.38. The lowest BCUT2D eigenvalue weighted by Crippen LogP contribution is -2.32. The smallest absolute Gasteiger partial charge is 0.0876 e. The SMILES string of the molecule is CCCOCC(NN)c1ncccc1Br.